The quantitative estimate of drug-likeness (QED) is 0.850. The molecule has 0 bridgehead atoms. The van der Waals surface area contributed by atoms with Crippen LogP contribution in [0.3, 0.4) is 0 Å². The van der Waals surface area contributed by atoms with Gasteiger partial charge in [-0.1, -0.05) is 0 Å². The Kier molecular flexibility index (Phi) is 3.86. The fourth-order valence-corrected chi connectivity index (χ4v) is 2.49. The molecule has 0 radical (unpaired) electrons. The number of hydrogen-bond donors (Lipinski definition) is 1. The van der Waals surface area contributed by atoms with Crippen molar-refractivity contribution in [1.29, 1.82) is 0 Å². The van der Waals surface area contributed by atoms with E-state index < -0.39 is 0 Å². The molecule has 0 aromatic carbocycles. The first-order valence-electron chi connectivity index (χ1n) is 6.19. The molecule has 100 valence electrons. The minimum absolute atomic E-state index is 0.0340. The molecule has 1 amide bonds. The van der Waals surface area contributed by atoms with Crippen LogP contribution in [0.4, 0.5) is 5.69 Å². The second-order valence-electron chi connectivity index (χ2n) is 4.79. The Balaban J connectivity index is 2.09. The highest BCUT2D eigenvalue weighted by atomic mass is 16.5. The number of hydrogen-bond acceptors (Lipinski definition) is 4. The first kappa shape index (κ1) is 12.9. The normalized spacial score (nSPS) is 20.1. The van der Waals surface area contributed by atoms with Gasteiger partial charge < -0.3 is 15.4 Å². The number of ether oxygens (including phenoxy) is 1. The lowest BCUT2D eigenvalue weighted by molar-refractivity contribution is 0.0562. The van der Waals surface area contributed by atoms with Crippen molar-refractivity contribution in [3.8, 4) is 0 Å². The lowest BCUT2D eigenvalue weighted by Crippen LogP contribution is -2.42. The van der Waals surface area contributed by atoms with Gasteiger partial charge in [0.15, 0.2) is 0 Å². The molecule has 6 heteroatoms. The largest absolute Gasteiger partial charge is 0.396 e. The van der Waals surface area contributed by atoms with E-state index in [4.69, 9.17) is 10.5 Å². The van der Waals surface area contributed by atoms with Crippen molar-refractivity contribution in [3.63, 3.8) is 0 Å². The van der Waals surface area contributed by atoms with Crippen molar-refractivity contribution >= 4 is 11.6 Å². The minimum Gasteiger partial charge on any atom is -0.396 e. The second kappa shape index (κ2) is 5.39. The molecule has 6 nitrogen and oxygen atoms in total. The maximum absolute atomic E-state index is 12.4. The molecular weight excluding hydrogens is 232 g/mol. The van der Waals surface area contributed by atoms with Crippen LogP contribution in [0.5, 0.6) is 0 Å². The highest BCUT2D eigenvalue weighted by molar-refractivity contribution is 5.97. The number of amides is 1. The highest BCUT2D eigenvalue weighted by Crippen LogP contribution is 2.20. The van der Waals surface area contributed by atoms with Crippen molar-refractivity contribution < 1.29 is 9.53 Å². The molecule has 1 aliphatic heterocycles. The number of rotatable bonds is 3. The second-order valence-corrected chi connectivity index (χ2v) is 4.79. The summed E-state index contributed by atoms with van der Waals surface area (Å²) in [6.07, 6.45) is 3.64. The number of piperidine rings is 1. The Morgan fingerprint density at radius 1 is 1.67 bits per heavy atom. The van der Waals surface area contributed by atoms with Crippen LogP contribution >= 0.6 is 0 Å². The van der Waals surface area contributed by atoms with E-state index in [-0.39, 0.29) is 5.91 Å². The number of aromatic nitrogens is 2. The molecule has 2 rings (SSSR count). The number of nitrogens with two attached hydrogens (primary N) is 1. The first-order valence-corrected chi connectivity index (χ1v) is 6.19. The fraction of sp³-hybridized carbons (Fsp3) is 0.667. The standard InChI is InChI=1S/C12H20N4O2/c1-15-11(10(13)6-14-15)12(17)16-5-3-4-9(7-16)8-18-2/h6,9H,3-5,7-8,13H2,1-2H3. The third kappa shape index (κ3) is 2.48. The Morgan fingerprint density at radius 2 is 2.44 bits per heavy atom. The number of likely N-dealkylation sites (tertiary alicyclic amines) is 1. The number of methoxy groups -OCH3 is 1. The number of anilines is 1. The summed E-state index contributed by atoms with van der Waals surface area (Å²) in [5.74, 6) is 0.385. The Labute approximate surface area is 107 Å². The Hall–Kier alpha value is -1.56. The van der Waals surface area contributed by atoms with E-state index in [2.05, 4.69) is 5.10 Å². The number of aryl methyl sites for hydroxylation is 1. The lowest BCUT2D eigenvalue weighted by Gasteiger charge is -2.32. The summed E-state index contributed by atoms with van der Waals surface area (Å²) < 4.78 is 6.71. The predicted octanol–water partition coefficient (Wildman–Crippen LogP) is 0.501. The zero-order valence-corrected chi connectivity index (χ0v) is 10.9. The molecule has 18 heavy (non-hydrogen) atoms. The molecular formula is C12H20N4O2. The van der Waals surface area contributed by atoms with Gasteiger partial charge in [0.25, 0.3) is 5.91 Å². The van der Waals surface area contributed by atoms with Crippen molar-refractivity contribution in [2.75, 3.05) is 32.5 Å². The summed E-state index contributed by atoms with van der Waals surface area (Å²) >= 11 is 0. The number of nitrogens with zero attached hydrogens (tertiary/aromatic N) is 3. The Bertz CT molecular complexity index is 408. The zero-order valence-electron chi connectivity index (χ0n) is 10.9. The Morgan fingerprint density at radius 3 is 3.06 bits per heavy atom. The van der Waals surface area contributed by atoms with E-state index in [1.165, 1.54) is 10.9 Å². The monoisotopic (exact) mass is 252 g/mol. The van der Waals surface area contributed by atoms with Gasteiger partial charge in [-0.25, -0.2) is 0 Å². The van der Waals surface area contributed by atoms with Crippen LogP contribution in [-0.4, -0.2) is 47.4 Å². The molecule has 2 N–H and O–H groups in total. The van der Waals surface area contributed by atoms with Gasteiger partial charge in [-0.15, -0.1) is 0 Å². The van der Waals surface area contributed by atoms with Crippen LogP contribution in [0, 0.1) is 5.92 Å². The zero-order chi connectivity index (χ0) is 13.1. The molecule has 1 fully saturated rings. The average molecular weight is 252 g/mol. The van der Waals surface area contributed by atoms with Crippen molar-refractivity contribution in [1.82, 2.24) is 14.7 Å². The van der Waals surface area contributed by atoms with Gasteiger partial charge >= 0.3 is 0 Å². The van der Waals surface area contributed by atoms with E-state index in [0.29, 0.717) is 23.9 Å². The third-order valence-electron chi connectivity index (χ3n) is 3.38. The van der Waals surface area contributed by atoms with Crippen LogP contribution in [-0.2, 0) is 11.8 Å². The van der Waals surface area contributed by atoms with Gasteiger partial charge in [-0.2, -0.15) is 5.10 Å². The summed E-state index contributed by atoms with van der Waals surface area (Å²) in [6.45, 7) is 2.21. The molecule has 1 saturated heterocycles. The van der Waals surface area contributed by atoms with Crippen LogP contribution < -0.4 is 5.73 Å². The minimum atomic E-state index is -0.0340. The van der Waals surface area contributed by atoms with Crippen molar-refractivity contribution in [2.45, 2.75) is 12.8 Å². The molecule has 0 spiro atoms. The van der Waals surface area contributed by atoms with E-state index in [1.54, 1.807) is 14.2 Å². The van der Waals surface area contributed by atoms with Gasteiger partial charge in [-0.3, -0.25) is 9.48 Å². The number of carbonyl (C=O) groups excluding carboxylic acids is 1. The first-order chi connectivity index (χ1) is 8.63. The third-order valence-corrected chi connectivity index (χ3v) is 3.38. The highest BCUT2D eigenvalue weighted by Gasteiger charge is 2.27. The van der Waals surface area contributed by atoms with E-state index in [9.17, 15) is 4.79 Å². The average Bonchev–Trinajstić information content (AvgIpc) is 2.69. The fourth-order valence-electron chi connectivity index (χ4n) is 2.49. The SMILES string of the molecule is COCC1CCCN(C(=O)c2c(N)cnn2C)C1. The summed E-state index contributed by atoms with van der Waals surface area (Å²) in [7, 11) is 3.43. The van der Waals surface area contributed by atoms with E-state index >= 15 is 0 Å². The van der Waals surface area contributed by atoms with Gasteiger partial charge in [0.05, 0.1) is 18.5 Å². The number of nitrogen functional groups attached to an aromatic ring is 1. The number of carbonyl (C=O) groups is 1. The summed E-state index contributed by atoms with van der Waals surface area (Å²) in [5.41, 5.74) is 6.71. The molecule has 1 aliphatic rings. The van der Waals surface area contributed by atoms with Crippen molar-refractivity contribution in [3.05, 3.63) is 11.9 Å². The van der Waals surface area contributed by atoms with Crippen LogP contribution in [0.15, 0.2) is 6.20 Å². The van der Waals surface area contributed by atoms with Crippen LogP contribution in [0.1, 0.15) is 23.3 Å². The van der Waals surface area contributed by atoms with Crippen LogP contribution in [0.25, 0.3) is 0 Å². The molecule has 1 unspecified atom stereocenters. The maximum atomic E-state index is 12.4. The molecule has 0 aliphatic carbocycles. The summed E-state index contributed by atoms with van der Waals surface area (Å²) in [6, 6.07) is 0. The van der Waals surface area contributed by atoms with Gasteiger partial charge in [-0.05, 0) is 18.8 Å². The van der Waals surface area contributed by atoms with Gasteiger partial charge in [0.2, 0.25) is 0 Å². The lowest BCUT2D eigenvalue weighted by atomic mass is 9.98. The molecule has 1 atom stereocenters. The molecule has 2 heterocycles. The smallest absolute Gasteiger partial charge is 0.274 e. The summed E-state index contributed by atoms with van der Waals surface area (Å²) in [5, 5.41) is 4.01. The molecule has 0 saturated carbocycles. The molecule has 1 aromatic heterocycles. The van der Waals surface area contributed by atoms with Crippen molar-refractivity contribution in [2.24, 2.45) is 13.0 Å². The summed E-state index contributed by atoms with van der Waals surface area (Å²) in [4.78, 5) is 14.2. The predicted molar refractivity (Wildman–Crippen MR) is 68.1 cm³/mol. The van der Waals surface area contributed by atoms with E-state index in [0.717, 1.165) is 25.9 Å². The van der Waals surface area contributed by atoms with Gasteiger partial charge in [0, 0.05) is 27.2 Å². The van der Waals surface area contributed by atoms with E-state index in [1.807, 2.05) is 4.90 Å². The maximum Gasteiger partial charge on any atom is 0.274 e. The molecule has 1 aromatic rings. The van der Waals surface area contributed by atoms with Crippen LogP contribution in [0.2, 0.25) is 0 Å². The topological polar surface area (TPSA) is 73.4 Å². The van der Waals surface area contributed by atoms with Gasteiger partial charge in [0.1, 0.15) is 5.69 Å².